The Morgan fingerprint density at radius 2 is 1.85 bits per heavy atom. The summed E-state index contributed by atoms with van der Waals surface area (Å²) in [5.74, 6) is 1.32. The summed E-state index contributed by atoms with van der Waals surface area (Å²) in [4.78, 5) is 49.0. The molecule has 2 aliphatic heterocycles. The molecule has 1 N–H and O–H groups in total. The number of alkyl carbamates (subject to hydrolysis) is 1. The first-order chi connectivity index (χ1) is 22.4. The molecule has 3 amide bonds. The number of thiazole rings is 1. The van der Waals surface area contributed by atoms with Gasteiger partial charge >= 0.3 is 12.2 Å². The van der Waals surface area contributed by atoms with Crippen molar-refractivity contribution in [1.82, 2.24) is 20.1 Å². The number of terminal acetylenes is 1. The van der Waals surface area contributed by atoms with E-state index in [2.05, 4.69) is 11.2 Å². The van der Waals surface area contributed by atoms with Crippen LogP contribution in [0.25, 0.3) is 10.6 Å². The molecule has 12 heteroatoms. The Morgan fingerprint density at radius 3 is 2.53 bits per heavy atom. The quantitative estimate of drug-likeness (QED) is 0.298. The van der Waals surface area contributed by atoms with Gasteiger partial charge in [-0.3, -0.25) is 4.79 Å². The van der Waals surface area contributed by atoms with Crippen LogP contribution < -0.4 is 5.32 Å². The van der Waals surface area contributed by atoms with Crippen molar-refractivity contribution in [2.45, 2.75) is 76.5 Å². The number of halogens is 1. The van der Waals surface area contributed by atoms with Gasteiger partial charge in [-0.25, -0.2) is 19.0 Å². The molecule has 5 atom stereocenters. The number of carbonyl (C=O) groups excluding carboxylic acids is 3. The van der Waals surface area contributed by atoms with Gasteiger partial charge in [0.15, 0.2) is 0 Å². The van der Waals surface area contributed by atoms with Crippen molar-refractivity contribution in [1.29, 1.82) is 0 Å². The molecule has 5 rings (SSSR count). The molecule has 2 aromatic carbocycles. The highest BCUT2D eigenvalue weighted by atomic mass is 32.1. The van der Waals surface area contributed by atoms with E-state index in [-0.39, 0.29) is 43.4 Å². The van der Waals surface area contributed by atoms with Gasteiger partial charge < -0.3 is 29.3 Å². The number of ether oxygens (including phenoxy) is 3. The smallest absolute Gasteiger partial charge is 0.410 e. The lowest BCUT2D eigenvalue weighted by Crippen LogP contribution is -2.57. The Hall–Kier alpha value is -4.47. The van der Waals surface area contributed by atoms with E-state index in [9.17, 15) is 18.8 Å². The molecular formula is C35H39FN4O6S. The average molecular weight is 663 g/mol. The van der Waals surface area contributed by atoms with E-state index in [1.807, 2.05) is 35.7 Å². The molecule has 1 unspecified atom stereocenters. The van der Waals surface area contributed by atoms with Crippen LogP contribution >= 0.6 is 11.3 Å². The molecule has 0 bridgehead atoms. The van der Waals surface area contributed by atoms with Crippen molar-refractivity contribution in [3.05, 3.63) is 77.1 Å². The molecule has 3 heterocycles. The highest BCUT2D eigenvalue weighted by Gasteiger charge is 2.54. The maximum atomic E-state index is 14.4. The summed E-state index contributed by atoms with van der Waals surface area (Å²) >= 11 is 1.41. The standard InChI is InChI=1S/C35H39FN4O6S/c1-6-18-44-22(2)29(38-33(42)46-35(3,4)5)32(41)39-17-16-28-30(39)26(19-40(28)34(43)45-20-23-10-8-7-9-11-23)27-21-47-31(37-27)24-12-14-25(36)15-13-24/h1,7-15,21-22,26,28-30H,16-20H2,2-5H3,(H,38,42)/t22?,26-,28-,29+,30-/m1/s1. The van der Waals surface area contributed by atoms with Crippen molar-refractivity contribution in [3.63, 3.8) is 0 Å². The summed E-state index contributed by atoms with van der Waals surface area (Å²) in [6, 6.07) is 13.6. The van der Waals surface area contributed by atoms with Crippen LogP contribution in [0.5, 0.6) is 0 Å². The SMILES string of the molecule is C#CCOC(C)[C@H](NC(=O)OC(C)(C)C)C(=O)N1CC[C@@H]2[C@H]1[C@@H](c1csc(-c3ccc(F)cc3)n1)CN2C(=O)OCc1ccccc1. The zero-order chi connectivity index (χ0) is 33.7. The minimum absolute atomic E-state index is 0.0539. The second kappa shape index (κ2) is 14.5. The van der Waals surface area contributed by atoms with Crippen LogP contribution in [0.4, 0.5) is 14.0 Å². The maximum Gasteiger partial charge on any atom is 0.410 e. The largest absolute Gasteiger partial charge is 0.445 e. The van der Waals surface area contributed by atoms with Gasteiger partial charge in [0.2, 0.25) is 5.91 Å². The summed E-state index contributed by atoms with van der Waals surface area (Å²) in [6.07, 6.45) is 3.89. The fraction of sp³-hybridized carbons (Fsp3) is 0.429. The third-order valence-corrected chi connectivity index (χ3v) is 9.09. The molecule has 0 saturated carbocycles. The first-order valence-electron chi connectivity index (χ1n) is 15.5. The number of rotatable bonds is 9. The molecule has 2 aliphatic rings. The molecule has 10 nitrogen and oxygen atoms in total. The lowest BCUT2D eigenvalue weighted by molar-refractivity contribution is -0.138. The number of hydrogen-bond acceptors (Lipinski definition) is 8. The fourth-order valence-corrected chi connectivity index (χ4v) is 6.96. The molecule has 2 fully saturated rings. The number of nitrogens with zero attached hydrogens (tertiary/aromatic N) is 3. The van der Waals surface area contributed by atoms with Crippen LogP contribution in [-0.4, -0.2) is 82.4 Å². The number of amides is 3. The van der Waals surface area contributed by atoms with Gasteiger partial charge in [0.25, 0.3) is 0 Å². The number of likely N-dealkylation sites (tertiary alicyclic amines) is 2. The lowest BCUT2D eigenvalue weighted by atomic mass is 9.96. The lowest BCUT2D eigenvalue weighted by Gasteiger charge is -2.33. The maximum absolute atomic E-state index is 14.4. The molecule has 2 saturated heterocycles. The van der Waals surface area contributed by atoms with Crippen LogP contribution in [0.2, 0.25) is 0 Å². The van der Waals surface area contributed by atoms with E-state index < -0.39 is 36.0 Å². The summed E-state index contributed by atoms with van der Waals surface area (Å²) in [5, 5.41) is 5.31. The molecule has 0 spiro atoms. The Labute approximate surface area is 278 Å². The Balaban J connectivity index is 1.44. The minimum atomic E-state index is -1.11. The number of benzene rings is 2. The Morgan fingerprint density at radius 1 is 1.13 bits per heavy atom. The van der Waals surface area contributed by atoms with Crippen molar-refractivity contribution >= 4 is 29.4 Å². The van der Waals surface area contributed by atoms with Crippen LogP contribution in [-0.2, 0) is 25.6 Å². The zero-order valence-electron chi connectivity index (χ0n) is 26.9. The highest BCUT2D eigenvalue weighted by molar-refractivity contribution is 7.13. The Bertz CT molecular complexity index is 1600. The van der Waals surface area contributed by atoms with Crippen molar-refractivity contribution in [2.75, 3.05) is 19.7 Å². The number of nitrogens with one attached hydrogen (secondary N) is 1. The zero-order valence-corrected chi connectivity index (χ0v) is 27.7. The second-order valence-electron chi connectivity index (χ2n) is 12.6. The monoisotopic (exact) mass is 662 g/mol. The normalized spacial score (nSPS) is 20.2. The molecule has 248 valence electrons. The molecule has 3 aromatic rings. The van der Waals surface area contributed by atoms with E-state index in [1.54, 1.807) is 49.6 Å². The van der Waals surface area contributed by atoms with Crippen molar-refractivity contribution in [2.24, 2.45) is 0 Å². The predicted octanol–water partition coefficient (Wildman–Crippen LogP) is 5.59. The summed E-state index contributed by atoms with van der Waals surface area (Å²) in [5.41, 5.74) is 1.54. The van der Waals surface area contributed by atoms with Gasteiger partial charge in [0.1, 0.15) is 35.7 Å². The van der Waals surface area contributed by atoms with Gasteiger partial charge in [-0.05, 0) is 63.9 Å². The van der Waals surface area contributed by atoms with Crippen LogP contribution in [0, 0.1) is 18.2 Å². The Kier molecular flexibility index (Phi) is 10.5. The molecule has 0 radical (unpaired) electrons. The van der Waals surface area contributed by atoms with E-state index in [0.717, 1.165) is 11.1 Å². The van der Waals surface area contributed by atoms with Gasteiger partial charge in [-0.1, -0.05) is 36.3 Å². The van der Waals surface area contributed by atoms with E-state index in [1.165, 1.54) is 23.5 Å². The second-order valence-corrected chi connectivity index (χ2v) is 13.5. The number of hydrogen-bond donors (Lipinski definition) is 1. The van der Waals surface area contributed by atoms with Gasteiger partial charge in [-0.2, -0.15) is 0 Å². The molecule has 47 heavy (non-hydrogen) atoms. The highest BCUT2D eigenvalue weighted by Crippen LogP contribution is 2.43. The molecule has 1 aromatic heterocycles. The first kappa shape index (κ1) is 33.9. The van der Waals surface area contributed by atoms with E-state index >= 15 is 0 Å². The number of aromatic nitrogens is 1. The van der Waals surface area contributed by atoms with Crippen LogP contribution in [0.1, 0.15) is 51.3 Å². The van der Waals surface area contributed by atoms with Gasteiger partial charge in [0, 0.05) is 30.0 Å². The minimum Gasteiger partial charge on any atom is -0.445 e. The first-order valence-corrected chi connectivity index (χ1v) is 16.4. The van der Waals surface area contributed by atoms with Crippen LogP contribution in [0.3, 0.4) is 0 Å². The third-order valence-electron chi connectivity index (χ3n) is 8.18. The molecule has 0 aliphatic carbocycles. The topological polar surface area (TPSA) is 110 Å². The fourth-order valence-electron chi connectivity index (χ4n) is 6.07. The van der Waals surface area contributed by atoms with Crippen molar-refractivity contribution in [3.8, 4) is 22.9 Å². The van der Waals surface area contributed by atoms with Gasteiger partial charge in [-0.15, -0.1) is 17.8 Å². The van der Waals surface area contributed by atoms with Crippen molar-refractivity contribution < 1.29 is 33.0 Å². The molecular weight excluding hydrogens is 623 g/mol. The van der Waals surface area contributed by atoms with Crippen LogP contribution in [0.15, 0.2) is 60.0 Å². The van der Waals surface area contributed by atoms with E-state index in [4.69, 9.17) is 25.6 Å². The summed E-state index contributed by atoms with van der Waals surface area (Å²) in [6.45, 7) is 7.52. The number of carbonyl (C=O) groups is 3. The summed E-state index contributed by atoms with van der Waals surface area (Å²) in [7, 11) is 0. The third kappa shape index (κ3) is 8.10. The predicted molar refractivity (Wildman–Crippen MR) is 175 cm³/mol. The average Bonchev–Trinajstić information content (AvgIpc) is 3.78. The van der Waals surface area contributed by atoms with E-state index in [0.29, 0.717) is 23.7 Å². The summed E-state index contributed by atoms with van der Waals surface area (Å²) < 4.78 is 30.5. The number of fused-ring (bicyclic) bond motifs is 1. The van der Waals surface area contributed by atoms with Gasteiger partial charge in [0.05, 0.1) is 23.9 Å².